The van der Waals surface area contributed by atoms with Crippen LogP contribution in [0, 0.1) is 13.8 Å². The average molecular weight is 394 g/mol. The summed E-state index contributed by atoms with van der Waals surface area (Å²) in [6.45, 7) is 9.06. The van der Waals surface area contributed by atoms with Crippen molar-refractivity contribution in [3.63, 3.8) is 0 Å². The SMILES string of the molecule is C=CC(=O)N(c1ccccc1)[C@H](C)C(=O)N[C@@H](Cc1ccc(C)c(C)c1)B(O)O. The Hall–Kier alpha value is -2.90. The Labute approximate surface area is 172 Å². The fourth-order valence-electron chi connectivity index (χ4n) is 3.06. The van der Waals surface area contributed by atoms with Gasteiger partial charge in [0, 0.05) is 5.69 Å². The van der Waals surface area contributed by atoms with E-state index in [0.29, 0.717) is 5.69 Å². The summed E-state index contributed by atoms with van der Waals surface area (Å²) in [4.78, 5) is 26.5. The number of nitrogens with one attached hydrogen (secondary N) is 1. The number of anilines is 1. The minimum Gasteiger partial charge on any atom is -0.426 e. The highest BCUT2D eigenvalue weighted by molar-refractivity contribution is 6.43. The second-order valence-corrected chi connectivity index (χ2v) is 7.08. The summed E-state index contributed by atoms with van der Waals surface area (Å²) in [7, 11) is -1.74. The van der Waals surface area contributed by atoms with E-state index in [-0.39, 0.29) is 6.42 Å². The molecule has 2 aromatic rings. The highest BCUT2D eigenvalue weighted by Gasteiger charge is 2.31. The third-order valence-corrected chi connectivity index (χ3v) is 4.93. The van der Waals surface area contributed by atoms with Gasteiger partial charge in [-0.2, -0.15) is 0 Å². The summed E-state index contributed by atoms with van der Waals surface area (Å²) in [6.07, 6.45) is 1.39. The van der Waals surface area contributed by atoms with Crippen LogP contribution in [0.3, 0.4) is 0 Å². The molecule has 0 unspecified atom stereocenters. The van der Waals surface area contributed by atoms with Crippen molar-refractivity contribution in [2.75, 3.05) is 4.90 Å². The van der Waals surface area contributed by atoms with Gasteiger partial charge in [-0.15, -0.1) is 0 Å². The number of aryl methyl sites for hydroxylation is 2. The fourth-order valence-corrected chi connectivity index (χ4v) is 3.06. The van der Waals surface area contributed by atoms with Gasteiger partial charge in [-0.3, -0.25) is 14.5 Å². The van der Waals surface area contributed by atoms with Gasteiger partial charge < -0.3 is 15.4 Å². The number of hydrogen-bond donors (Lipinski definition) is 3. The van der Waals surface area contributed by atoms with Crippen molar-refractivity contribution in [3.05, 3.63) is 77.9 Å². The van der Waals surface area contributed by atoms with E-state index < -0.39 is 30.9 Å². The van der Waals surface area contributed by atoms with E-state index in [4.69, 9.17) is 0 Å². The maximum atomic E-state index is 12.8. The molecule has 0 fully saturated rings. The number of nitrogens with zero attached hydrogens (tertiary/aromatic N) is 1. The Balaban J connectivity index is 2.19. The predicted molar refractivity (Wildman–Crippen MR) is 115 cm³/mol. The summed E-state index contributed by atoms with van der Waals surface area (Å²) < 4.78 is 0. The first kappa shape index (κ1) is 22.4. The molecular weight excluding hydrogens is 367 g/mol. The van der Waals surface area contributed by atoms with Gasteiger partial charge in [-0.05, 0) is 62.1 Å². The van der Waals surface area contributed by atoms with Gasteiger partial charge in [0.2, 0.25) is 5.91 Å². The van der Waals surface area contributed by atoms with Crippen LogP contribution >= 0.6 is 0 Å². The zero-order valence-electron chi connectivity index (χ0n) is 17.0. The molecule has 29 heavy (non-hydrogen) atoms. The van der Waals surface area contributed by atoms with Gasteiger partial charge in [0.25, 0.3) is 5.91 Å². The zero-order valence-corrected chi connectivity index (χ0v) is 17.0. The highest BCUT2D eigenvalue weighted by Crippen LogP contribution is 2.18. The van der Waals surface area contributed by atoms with Crippen LogP contribution < -0.4 is 10.2 Å². The van der Waals surface area contributed by atoms with Crippen LogP contribution in [-0.4, -0.2) is 41.0 Å². The minimum atomic E-state index is -1.74. The molecule has 152 valence electrons. The maximum absolute atomic E-state index is 12.8. The Morgan fingerprint density at radius 2 is 1.79 bits per heavy atom. The summed E-state index contributed by atoms with van der Waals surface area (Å²) in [6, 6.07) is 13.7. The summed E-state index contributed by atoms with van der Waals surface area (Å²) >= 11 is 0. The van der Waals surface area contributed by atoms with Crippen molar-refractivity contribution < 1.29 is 19.6 Å². The molecule has 0 saturated heterocycles. The average Bonchev–Trinajstić information content (AvgIpc) is 2.70. The second-order valence-electron chi connectivity index (χ2n) is 7.08. The molecule has 2 atom stereocenters. The van der Waals surface area contributed by atoms with E-state index in [9.17, 15) is 19.6 Å². The number of hydrogen-bond acceptors (Lipinski definition) is 4. The number of para-hydroxylation sites is 1. The first-order valence-corrected chi connectivity index (χ1v) is 9.48. The van der Waals surface area contributed by atoms with Crippen LogP contribution in [0.25, 0.3) is 0 Å². The third kappa shape index (κ3) is 5.79. The molecule has 2 amide bonds. The number of rotatable bonds is 8. The van der Waals surface area contributed by atoms with Crippen LogP contribution in [0.2, 0.25) is 0 Å². The molecule has 0 aliphatic carbocycles. The fraction of sp³-hybridized carbons (Fsp3) is 0.273. The van der Waals surface area contributed by atoms with Crippen LogP contribution in [0.5, 0.6) is 0 Å². The molecule has 0 spiro atoms. The quantitative estimate of drug-likeness (QED) is 0.472. The molecule has 0 bridgehead atoms. The van der Waals surface area contributed by atoms with Crippen LogP contribution in [-0.2, 0) is 16.0 Å². The van der Waals surface area contributed by atoms with Gasteiger partial charge in [-0.25, -0.2) is 0 Å². The number of amides is 2. The van der Waals surface area contributed by atoms with Crippen molar-refractivity contribution in [2.45, 2.75) is 39.2 Å². The van der Waals surface area contributed by atoms with Crippen LogP contribution in [0.15, 0.2) is 61.2 Å². The van der Waals surface area contributed by atoms with Crippen LogP contribution in [0.4, 0.5) is 5.69 Å². The molecule has 0 radical (unpaired) electrons. The molecule has 2 aromatic carbocycles. The predicted octanol–water partition coefficient (Wildman–Crippen LogP) is 1.95. The van der Waals surface area contributed by atoms with Crippen molar-refractivity contribution in [3.8, 4) is 0 Å². The normalized spacial score (nSPS) is 12.6. The molecule has 7 heteroatoms. The lowest BCUT2D eigenvalue weighted by Crippen LogP contribution is -2.55. The molecule has 3 N–H and O–H groups in total. The lowest BCUT2D eigenvalue weighted by atomic mass is 9.75. The van der Waals surface area contributed by atoms with E-state index in [2.05, 4.69) is 11.9 Å². The Bertz CT molecular complexity index is 870. The standard InChI is InChI=1S/C22H27BN2O4/c1-5-21(26)25(19-9-7-6-8-10-19)17(4)22(27)24-20(23(28)29)14-18-12-11-15(2)16(3)13-18/h5-13,17,20,28-29H,1,14H2,2-4H3,(H,24,27)/t17-,20+/m1/s1. The number of carbonyl (C=O) groups excluding carboxylic acids is 2. The van der Waals surface area contributed by atoms with Crippen LogP contribution in [0.1, 0.15) is 23.6 Å². The van der Waals surface area contributed by atoms with E-state index in [1.165, 1.54) is 4.90 Å². The molecular formula is C22H27BN2O4. The third-order valence-electron chi connectivity index (χ3n) is 4.93. The Morgan fingerprint density at radius 3 is 2.34 bits per heavy atom. The van der Waals surface area contributed by atoms with E-state index in [1.807, 2.05) is 38.1 Å². The molecule has 0 aromatic heterocycles. The first-order chi connectivity index (χ1) is 13.7. The molecule has 0 saturated carbocycles. The van der Waals surface area contributed by atoms with Crippen molar-refractivity contribution >= 4 is 24.6 Å². The van der Waals surface area contributed by atoms with Crippen molar-refractivity contribution in [1.82, 2.24) is 5.32 Å². The zero-order chi connectivity index (χ0) is 21.6. The molecule has 2 rings (SSSR count). The van der Waals surface area contributed by atoms with Crippen molar-refractivity contribution in [1.29, 1.82) is 0 Å². The Morgan fingerprint density at radius 1 is 1.14 bits per heavy atom. The lowest BCUT2D eigenvalue weighted by Gasteiger charge is -2.29. The topological polar surface area (TPSA) is 89.9 Å². The minimum absolute atomic E-state index is 0.248. The van der Waals surface area contributed by atoms with Gasteiger partial charge in [0.1, 0.15) is 6.04 Å². The highest BCUT2D eigenvalue weighted by atomic mass is 16.4. The largest absolute Gasteiger partial charge is 0.475 e. The molecule has 0 heterocycles. The summed E-state index contributed by atoms with van der Waals surface area (Å²) in [5.41, 5.74) is 3.64. The van der Waals surface area contributed by atoms with Gasteiger partial charge in [0.15, 0.2) is 0 Å². The lowest BCUT2D eigenvalue weighted by molar-refractivity contribution is -0.125. The summed E-state index contributed by atoms with van der Waals surface area (Å²) in [5.74, 6) is -1.83. The monoisotopic (exact) mass is 394 g/mol. The summed E-state index contributed by atoms with van der Waals surface area (Å²) in [5, 5.41) is 22.2. The second kappa shape index (κ2) is 10.0. The first-order valence-electron chi connectivity index (χ1n) is 9.48. The molecule has 0 aliphatic rings. The van der Waals surface area contributed by atoms with E-state index in [0.717, 1.165) is 22.8 Å². The van der Waals surface area contributed by atoms with Gasteiger partial charge in [-0.1, -0.05) is 43.0 Å². The maximum Gasteiger partial charge on any atom is 0.475 e. The van der Waals surface area contributed by atoms with Gasteiger partial charge >= 0.3 is 7.12 Å². The van der Waals surface area contributed by atoms with E-state index in [1.54, 1.807) is 31.2 Å². The van der Waals surface area contributed by atoms with Gasteiger partial charge in [0.05, 0.1) is 5.94 Å². The molecule has 0 aliphatic heterocycles. The molecule has 6 nitrogen and oxygen atoms in total. The Kier molecular flexibility index (Phi) is 7.76. The number of benzene rings is 2. The van der Waals surface area contributed by atoms with Crippen molar-refractivity contribution in [2.24, 2.45) is 0 Å². The number of carbonyl (C=O) groups is 2. The van der Waals surface area contributed by atoms with E-state index >= 15 is 0 Å². The smallest absolute Gasteiger partial charge is 0.426 e.